The number of furan rings is 1. The number of hydrogen-bond donors (Lipinski definition) is 1. The Bertz CT molecular complexity index is 691. The zero-order valence-electron chi connectivity index (χ0n) is 13.5. The lowest BCUT2D eigenvalue weighted by Crippen LogP contribution is -2.41. The molecule has 7 nitrogen and oxygen atoms in total. The second-order valence-electron chi connectivity index (χ2n) is 5.99. The van der Waals surface area contributed by atoms with Crippen LogP contribution in [0.3, 0.4) is 0 Å². The Balaban J connectivity index is 1.71. The van der Waals surface area contributed by atoms with Gasteiger partial charge in [0.15, 0.2) is 0 Å². The number of aryl methyl sites for hydroxylation is 3. The van der Waals surface area contributed by atoms with Gasteiger partial charge in [-0.05, 0) is 32.4 Å². The molecular weight excluding hydrogens is 296 g/mol. The minimum absolute atomic E-state index is 0.0342. The van der Waals surface area contributed by atoms with Gasteiger partial charge in [-0.3, -0.25) is 4.79 Å². The van der Waals surface area contributed by atoms with Crippen LogP contribution in [-0.2, 0) is 24.3 Å². The summed E-state index contributed by atoms with van der Waals surface area (Å²) in [7, 11) is 0. The highest BCUT2D eigenvalue weighted by molar-refractivity contribution is 5.78. The zero-order chi connectivity index (χ0) is 16.4. The van der Waals surface area contributed by atoms with E-state index in [4.69, 9.17) is 4.42 Å². The number of carbonyl (C=O) groups excluding carboxylic acids is 1. The van der Waals surface area contributed by atoms with Crippen LogP contribution < -0.4 is 0 Å². The van der Waals surface area contributed by atoms with Crippen molar-refractivity contribution in [3.05, 3.63) is 35.3 Å². The van der Waals surface area contributed by atoms with E-state index in [0.717, 1.165) is 36.0 Å². The minimum atomic E-state index is -0.133. The molecule has 3 heterocycles. The molecule has 7 heteroatoms. The summed E-state index contributed by atoms with van der Waals surface area (Å²) < 4.78 is 7.38. The second kappa shape index (κ2) is 6.54. The van der Waals surface area contributed by atoms with Gasteiger partial charge in [0.1, 0.15) is 23.2 Å². The molecule has 1 N–H and O–H groups in total. The molecule has 23 heavy (non-hydrogen) atoms. The molecule has 0 saturated carbocycles. The molecule has 1 atom stereocenters. The van der Waals surface area contributed by atoms with Crippen molar-refractivity contribution in [2.75, 3.05) is 13.2 Å². The predicted molar refractivity (Wildman–Crippen MR) is 82.5 cm³/mol. The van der Waals surface area contributed by atoms with E-state index >= 15 is 0 Å². The summed E-state index contributed by atoms with van der Waals surface area (Å²) in [6.45, 7) is 4.90. The lowest BCUT2D eigenvalue weighted by molar-refractivity contribution is -0.138. The van der Waals surface area contributed by atoms with Crippen LogP contribution >= 0.6 is 0 Å². The Kier molecular flexibility index (Phi) is 4.47. The van der Waals surface area contributed by atoms with Crippen molar-refractivity contribution < 1.29 is 14.3 Å². The molecule has 0 radical (unpaired) electrons. The van der Waals surface area contributed by atoms with Crippen LogP contribution in [0.15, 0.2) is 16.5 Å². The summed E-state index contributed by atoms with van der Waals surface area (Å²) in [6.07, 6.45) is 1.51. The normalized spacial score (nSPS) is 17.1. The van der Waals surface area contributed by atoms with Crippen LogP contribution in [-0.4, -0.2) is 43.8 Å². The van der Waals surface area contributed by atoms with Gasteiger partial charge < -0.3 is 14.4 Å². The third-order valence-electron chi connectivity index (χ3n) is 4.14. The quantitative estimate of drug-likeness (QED) is 0.891. The van der Waals surface area contributed by atoms with Gasteiger partial charge in [-0.1, -0.05) is 0 Å². The third kappa shape index (κ3) is 3.44. The number of rotatable bonds is 5. The Hall–Kier alpha value is -2.15. The van der Waals surface area contributed by atoms with Crippen molar-refractivity contribution in [2.24, 2.45) is 5.92 Å². The first-order valence-electron chi connectivity index (χ1n) is 7.92. The molecule has 1 aliphatic rings. The van der Waals surface area contributed by atoms with Gasteiger partial charge in [0.25, 0.3) is 0 Å². The number of nitrogens with zero attached hydrogens (tertiary/aromatic N) is 4. The maximum Gasteiger partial charge on any atom is 0.228 e. The number of aliphatic hydroxyl groups excluding tert-OH is 1. The van der Waals surface area contributed by atoms with Gasteiger partial charge in [-0.15, -0.1) is 0 Å². The Morgan fingerprint density at radius 2 is 2.30 bits per heavy atom. The molecule has 124 valence electrons. The van der Waals surface area contributed by atoms with E-state index < -0.39 is 0 Å². The van der Waals surface area contributed by atoms with E-state index in [2.05, 4.69) is 10.1 Å². The molecule has 0 spiro atoms. The first kappa shape index (κ1) is 15.7. The van der Waals surface area contributed by atoms with E-state index in [0.29, 0.717) is 19.6 Å². The van der Waals surface area contributed by atoms with E-state index in [9.17, 15) is 9.90 Å². The van der Waals surface area contributed by atoms with E-state index in [1.165, 1.54) is 0 Å². The van der Waals surface area contributed by atoms with Crippen LogP contribution in [0.5, 0.6) is 0 Å². The number of aromatic nitrogens is 3. The monoisotopic (exact) mass is 318 g/mol. The molecular formula is C16H22N4O3. The van der Waals surface area contributed by atoms with E-state index in [1.807, 2.05) is 30.7 Å². The topological polar surface area (TPSA) is 84.4 Å². The fourth-order valence-electron chi connectivity index (χ4n) is 3.04. The first-order valence-corrected chi connectivity index (χ1v) is 7.92. The fraction of sp³-hybridized carbons (Fsp3) is 0.562. The Morgan fingerprint density at radius 3 is 3.00 bits per heavy atom. The molecule has 0 aromatic carbocycles. The SMILES string of the molecule is Cc1nc2n(n1)CC(C(=O)N(CCO)Cc1ccc(C)o1)CC2. The van der Waals surface area contributed by atoms with Crippen molar-refractivity contribution >= 4 is 5.91 Å². The standard InChI is InChI=1S/C16H22N4O3/c1-11-3-5-14(23-11)10-19(7-8-21)16(22)13-4-6-15-17-12(2)18-20(15)9-13/h3,5,13,21H,4,6-10H2,1-2H3. The highest BCUT2D eigenvalue weighted by Crippen LogP contribution is 2.21. The number of carbonyl (C=O) groups is 1. The first-order chi connectivity index (χ1) is 11.1. The number of fused-ring (bicyclic) bond motifs is 1. The molecule has 1 amide bonds. The van der Waals surface area contributed by atoms with E-state index in [1.54, 1.807) is 4.90 Å². The summed E-state index contributed by atoms with van der Waals surface area (Å²) in [5.41, 5.74) is 0. The molecule has 0 saturated heterocycles. The maximum atomic E-state index is 12.8. The summed E-state index contributed by atoms with van der Waals surface area (Å²) in [4.78, 5) is 18.9. The molecule has 2 aromatic rings. The fourth-order valence-corrected chi connectivity index (χ4v) is 3.04. The highest BCUT2D eigenvalue weighted by Gasteiger charge is 2.30. The van der Waals surface area contributed by atoms with Crippen molar-refractivity contribution in [3.63, 3.8) is 0 Å². The van der Waals surface area contributed by atoms with Gasteiger partial charge in [0, 0.05) is 13.0 Å². The second-order valence-corrected chi connectivity index (χ2v) is 5.99. The van der Waals surface area contributed by atoms with Gasteiger partial charge >= 0.3 is 0 Å². The van der Waals surface area contributed by atoms with Gasteiger partial charge in [0.05, 0.1) is 25.6 Å². The predicted octanol–water partition coefficient (Wildman–Crippen LogP) is 1.07. The summed E-state index contributed by atoms with van der Waals surface area (Å²) in [5, 5.41) is 13.6. The molecule has 2 aromatic heterocycles. The van der Waals surface area contributed by atoms with Gasteiger partial charge in [0.2, 0.25) is 5.91 Å². The van der Waals surface area contributed by atoms with E-state index in [-0.39, 0.29) is 18.4 Å². The van der Waals surface area contributed by atoms with Gasteiger partial charge in [-0.2, -0.15) is 5.10 Å². The van der Waals surface area contributed by atoms with Crippen molar-refractivity contribution in [3.8, 4) is 0 Å². The number of aliphatic hydroxyl groups is 1. The maximum absolute atomic E-state index is 12.8. The molecule has 0 bridgehead atoms. The van der Waals surface area contributed by atoms with Crippen LogP contribution in [0.1, 0.15) is 29.6 Å². The van der Waals surface area contributed by atoms with Crippen molar-refractivity contribution in [1.29, 1.82) is 0 Å². The molecule has 0 aliphatic carbocycles. The average molecular weight is 318 g/mol. The summed E-state index contributed by atoms with van der Waals surface area (Å²) >= 11 is 0. The van der Waals surface area contributed by atoms with Crippen LogP contribution in [0.4, 0.5) is 0 Å². The van der Waals surface area contributed by atoms with Crippen LogP contribution in [0, 0.1) is 19.8 Å². The Labute approximate surface area is 134 Å². The molecule has 1 aliphatic heterocycles. The molecule has 1 unspecified atom stereocenters. The largest absolute Gasteiger partial charge is 0.464 e. The molecule has 3 rings (SSSR count). The molecule has 0 fully saturated rings. The van der Waals surface area contributed by atoms with Crippen LogP contribution in [0.2, 0.25) is 0 Å². The van der Waals surface area contributed by atoms with Crippen LogP contribution in [0.25, 0.3) is 0 Å². The average Bonchev–Trinajstić information content (AvgIpc) is 3.09. The summed E-state index contributed by atoms with van der Waals surface area (Å²) in [6, 6.07) is 3.74. The van der Waals surface area contributed by atoms with Crippen molar-refractivity contribution in [2.45, 2.75) is 39.8 Å². The highest BCUT2D eigenvalue weighted by atomic mass is 16.3. The Morgan fingerprint density at radius 1 is 1.48 bits per heavy atom. The van der Waals surface area contributed by atoms with Gasteiger partial charge in [-0.25, -0.2) is 9.67 Å². The van der Waals surface area contributed by atoms with Crippen molar-refractivity contribution in [1.82, 2.24) is 19.7 Å². The minimum Gasteiger partial charge on any atom is -0.464 e. The zero-order valence-corrected chi connectivity index (χ0v) is 13.5. The lowest BCUT2D eigenvalue weighted by atomic mass is 9.98. The smallest absolute Gasteiger partial charge is 0.228 e. The number of hydrogen-bond acceptors (Lipinski definition) is 5. The lowest BCUT2D eigenvalue weighted by Gasteiger charge is -2.28. The summed E-state index contributed by atoms with van der Waals surface area (Å²) in [5.74, 6) is 3.14. The number of amides is 1. The third-order valence-corrected chi connectivity index (χ3v) is 4.14.